The van der Waals surface area contributed by atoms with Gasteiger partial charge in [-0.15, -0.1) is 0 Å². The molecule has 0 saturated heterocycles. The minimum Gasteiger partial charge on any atom is -0.411 e. The number of halogens is 2. The van der Waals surface area contributed by atoms with Gasteiger partial charge in [0, 0.05) is 24.1 Å². The highest BCUT2D eigenvalue weighted by Crippen LogP contribution is 2.36. The molecule has 0 heterocycles. The summed E-state index contributed by atoms with van der Waals surface area (Å²) in [4.78, 5) is 11.0. The van der Waals surface area contributed by atoms with Gasteiger partial charge in [0.1, 0.15) is 0 Å². The fourth-order valence-corrected chi connectivity index (χ4v) is 1.98. The van der Waals surface area contributed by atoms with E-state index in [1.807, 2.05) is 0 Å². The quantitative estimate of drug-likeness (QED) is 0.504. The minimum atomic E-state index is -0.634. The monoisotopic (exact) mass is 270 g/mol. The van der Waals surface area contributed by atoms with Crippen LogP contribution in [0.5, 0.6) is 0 Å². The molecule has 2 rings (SSSR count). The molecule has 0 bridgehead atoms. The Kier molecular flexibility index (Phi) is 3.52. The number of nitrogens with one attached hydrogen (secondary N) is 1. The average molecular weight is 271 g/mol. The largest absolute Gasteiger partial charge is 0.411 e. The van der Waals surface area contributed by atoms with E-state index in [2.05, 4.69) is 10.5 Å². The van der Waals surface area contributed by atoms with Gasteiger partial charge in [-0.3, -0.25) is 4.79 Å². The zero-order valence-corrected chi connectivity index (χ0v) is 10.5. The summed E-state index contributed by atoms with van der Waals surface area (Å²) in [6, 6.07) is 2.75. The van der Waals surface area contributed by atoms with E-state index in [1.165, 1.54) is 19.1 Å². The van der Waals surface area contributed by atoms with Crippen molar-refractivity contribution in [3.8, 4) is 0 Å². The Morgan fingerprint density at radius 3 is 2.72 bits per heavy atom. The van der Waals surface area contributed by atoms with Crippen LogP contribution in [0.15, 0.2) is 17.3 Å². The summed E-state index contributed by atoms with van der Waals surface area (Å²) >= 11 is 5.77. The van der Waals surface area contributed by atoms with Crippen LogP contribution in [0.4, 0.5) is 10.1 Å². The summed E-state index contributed by atoms with van der Waals surface area (Å²) in [5, 5.41) is 14.5. The van der Waals surface area contributed by atoms with E-state index in [0.717, 1.165) is 12.8 Å². The Bertz CT molecular complexity index is 527. The van der Waals surface area contributed by atoms with Gasteiger partial charge in [0.2, 0.25) is 5.91 Å². The first-order valence-corrected chi connectivity index (χ1v) is 5.89. The molecular weight excluding hydrogens is 259 g/mol. The average Bonchev–Trinajstić information content (AvgIpc) is 3.09. The van der Waals surface area contributed by atoms with Crippen molar-refractivity contribution in [3.63, 3.8) is 0 Å². The fourth-order valence-electron chi connectivity index (χ4n) is 1.76. The van der Waals surface area contributed by atoms with Gasteiger partial charge in [0.15, 0.2) is 5.82 Å². The maximum atomic E-state index is 13.9. The van der Waals surface area contributed by atoms with Crippen molar-refractivity contribution in [2.75, 3.05) is 5.32 Å². The van der Waals surface area contributed by atoms with E-state index in [9.17, 15) is 9.18 Å². The van der Waals surface area contributed by atoms with Gasteiger partial charge in [-0.05, 0) is 25.0 Å². The molecule has 1 amide bonds. The number of nitrogens with zero attached hydrogens (tertiary/aromatic N) is 1. The summed E-state index contributed by atoms with van der Waals surface area (Å²) in [5.74, 6) is -0.851. The molecule has 1 aliphatic carbocycles. The second-order valence-electron chi connectivity index (χ2n) is 4.26. The van der Waals surface area contributed by atoms with Crippen molar-refractivity contribution in [1.82, 2.24) is 0 Å². The molecule has 1 aromatic carbocycles. The lowest BCUT2D eigenvalue weighted by atomic mass is 10.0. The third-order valence-electron chi connectivity index (χ3n) is 2.70. The Morgan fingerprint density at radius 2 is 2.22 bits per heavy atom. The van der Waals surface area contributed by atoms with E-state index < -0.39 is 5.82 Å². The molecule has 1 aromatic rings. The first kappa shape index (κ1) is 12.8. The Balaban J connectivity index is 2.44. The second-order valence-corrected chi connectivity index (χ2v) is 4.67. The Morgan fingerprint density at radius 1 is 1.56 bits per heavy atom. The molecule has 0 radical (unpaired) electrons. The van der Waals surface area contributed by atoms with Gasteiger partial charge >= 0.3 is 0 Å². The van der Waals surface area contributed by atoms with Crippen molar-refractivity contribution in [2.45, 2.75) is 19.8 Å². The molecule has 0 unspecified atom stereocenters. The van der Waals surface area contributed by atoms with Crippen molar-refractivity contribution in [1.29, 1.82) is 0 Å². The molecule has 0 aliphatic heterocycles. The van der Waals surface area contributed by atoms with Crippen molar-refractivity contribution in [2.24, 2.45) is 11.1 Å². The first-order chi connectivity index (χ1) is 8.52. The zero-order chi connectivity index (χ0) is 13.3. The SMILES string of the molecule is CC(=O)Nc1cc(Cl)c(F)c(C(=NO)C2CC2)c1. The van der Waals surface area contributed by atoms with E-state index in [0.29, 0.717) is 5.69 Å². The first-order valence-electron chi connectivity index (χ1n) is 5.52. The standard InChI is InChI=1S/C12H12ClFN2O2/c1-6(17)15-8-4-9(11(14)10(13)5-8)12(16-18)7-2-3-7/h4-5,7,18H,2-3H2,1H3,(H,15,17). The maximum Gasteiger partial charge on any atom is 0.221 e. The van der Waals surface area contributed by atoms with E-state index >= 15 is 0 Å². The number of carbonyl (C=O) groups is 1. The van der Waals surface area contributed by atoms with Crippen molar-refractivity contribution in [3.05, 3.63) is 28.5 Å². The molecule has 1 saturated carbocycles. The van der Waals surface area contributed by atoms with Crippen molar-refractivity contribution < 1.29 is 14.4 Å². The lowest BCUT2D eigenvalue weighted by Gasteiger charge is -2.10. The van der Waals surface area contributed by atoms with Crippen LogP contribution in [0.1, 0.15) is 25.3 Å². The van der Waals surface area contributed by atoms with Gasteiger partial charge in [0.25, 0.3) is 0 Å². The number of carbonyl (C=O) groups excluding carboxylic acids is 1. The number of benzene rings is 1. The molecule has 96 valence electrons. The predicted octanol–water partition coefficient (Wildman–Crippen LogP) is 3.03. The fraction of sp³-hybridized carbons (Fsp3) is 0.333. The zero-order valence-electron chi connectivity index (χ0n) is 9.70. The number of amides is 1. The van der Waals surface area contributed by atoms with E-state index in [-0.39, 0.29) is 28.1 Å². The van der Waals surface area contributed by atoms with E-state index in [1.54, 1.807) is 0 Å². The summed E-state index contributed by atoms with van der Waals surface area (Å²) in [7, 11) is 0. The molecule has 2 N–H and O–H groups in total. The number of oxime groups is 1. The second kappa shape index (κ2) is 4.94. The van der Waals surface area contributed by atoms with Crippen LogP contribution in [-0.2, 0) is 4.79 Å². The molecular formula is C12H12ClFN2O2. The van der Waals surface area contributed by atoms with Crippen LogP contribution in [0.3, 0.4) is 0 Å². The van der Waals surface area contributed by atoms with Crippen LogP contribution < -0.4 is 5.32 Å². The predicted molar refractivity (Wildman–Crippen MR) is 66.8 cm³/mol. The summed E-state index contributed by atoms with van der Waals surface area (Å²) in [5.41, 5.74) is 0.795. The molecule has 0 aromatic heterocycles. The van der Waals surface area contributed by atoms with Crippen LogP contribution in [-0.4, -0.2) is 16.8 Å². The Labute approximate surface area is 108 Å². The highest BCUT2D eigenvalue weighted by molar-refractivity contribution is 6.31. The molecule has 0 spiro atoms. The summed E-state index contributed by atoms with van der Waals surface area (Å²) in [6.45, 7) is 1.35. The topological polar surface area (TPSA) is 61.7 Å². The smallest absolute Gasteiger partial charge is 0.221 e. The van der Waals surface area contributed by atoms with Gasteiger partial charge in [-0.2, -0.15) is 0 Å². The molecule has 6 heteroatoms. The minimum absolute atomic E-state index is 0.0631. The maximum absolute atomic E-state index is 13.9. The lowest BCUT2D eigenvalue weighted by Crippen LogP contribution is -2.11. The third kappa shape index (κ3) is 2.61. The summed E-state index contributed by atoms with van der Waals surface area (Å²) in [6.07, 6.45) is 1.72. The molecule has 1 fully saturated rings. The van der Waals surface area contributed by atoms with Crippen LogP contribution in [0.2, 0.25) is 5.02 Å². The molecule has 4 nitrogen and oxygen atoms in total. The van der Waals surface area contributed by atoms with Gasteiger partial charge < -0.3 is 10.5 Å². The Hall–Kier alpha value is -1.62. The number of hydrogen-bond acceptors (Lipinski definition) is 3. The number of rotatable bonds is 3. The normalized spacial score (nSPS) is 15.6. The molecule has 18 heavy (non-hydrogen) atoms. The van der Waals surface area contributed by atoms with E-state index in [4.69, 9.17) is 16.8 Å². The van der Waals surface area contributed by atoms with Crippen molar-refractivity contribution >= 4 is 28.9 Å². The third-order valence-corrected chi connectivity index (χ3v) is 2.97. The van der Waals surface area contributed by atoms with Gasteiger partial charge in [-0.25, -0.2) is 4.39 Å². The van der Waals surface area contributed by atoms with Gasteiger partial charge in [0.05, 0.1) is 10.7 Å². The lowest BCUT2D eigenvalue weighted by molar-refractivity contribution is -0.114. The number of anilines is 1. The van der Waals surface area contributed by atoms with Crippen LogP contribution in [0, 0.1) is 11.7 Å². The molecule has 0 atom stereocenters. The van der Waals surface area contributed by atoms with Crippen LogP contribution >= 0.6 is 11.6 Å². The molecule has 1 aliphatic rings. The van der Waals surface area contributed by atoms with Gasteiger partial charge in [-0.1, -0.05) is 16.8 Å². The van der Waals surface area contributed by atoms with Crippen LogP contribution in [0.25, 0.3) is 0 Å². The highest BCUT2D eigenvalue weighted by Gasteiger charge is 2.31. The summed E-state index contributed by atoms with van der Waals surface area (Å²) < 4.78 is 13.9. The number of hydrogen-bond donors (Lipinski definition) is 2. The highest BCUT2D eigenvalue weighted by atomic mass is 35.5.